The Bertz CT molecular complexity index is 806. The summed E-state index contributed by atoms with van der Waals surface area (Å²) in [4.78, 5) is 27.8. The Morgan fingerprint density at radius 2 is 1.50 bits per heavy atom. The van der Waals surface area contributed by atoms with Crippen LogP contribution in [0.2, 0.25) is 0 Å². The van der Waals surface area contributed by atoms with Gasteiger partial charge in [0.25, 0.3) is 5.91 Å². The van der Waals surface area contributed by atoms with Gasteiger partial charge in [-0.2, -0.15) is 0 Å². The highest BCUT2D eigenvalue weighted by atomic mass is 16.6. The van der Waals surface area contributed by atoms with Gasteiger partial charge in [-0.05, 0) is 55.6 Å². The molecule has 3 rings (SSSR count). The monoisotopic (exact) mass is 505 g/mol. The predicted octanol–water partition coefficient (Wildman–Crippen LogP) is 1.87. The van der Waals surface area contributed by atoms with Gasteiger partial charge < -0.3 is 35.0 Å². The number of carbonyl (C=O) groups excluding carboxylic acids is 2. The van der Waals surface area contributed by atoms with E-state index in [-0.39, 0.29) is 12.0 Å². The first-order chi connectivity index (χ1) is 17.7. The maximum absolute atomic E-state index is 12.0. The molecule has 1 fully saturated rings. The molecule has 0 aliphatic heterocycles. The van der Waals surface area contributed by atoms with Crippen molar-refractivity contribution in [1.82, 2.24) is 15.6 Å². The van der Waals surface area contributed by atoms with E-state index in [0.717, 1.165) is 24.7 Å². The van der Waals surface area contributed by atoms with E-state index < -0.39 is 0 Å². The number of nitrogens with two attached hydrogens (primary N) is 1. The minimum absolute atomic E-state index is 0.227. The molecule has 0 spiro atoms. The first-order valence-corrected chi connectivity index (χ1v) is 12.7. The van der Waals surface area contributed by atoms with Crippen molar-refractivity contribution in [2.75, 3.05) is 64.8 Å². The second-order valence-electron chi connectivity index (χ2n) is 8.81. The van der Waals surface area contributed by atoms with Crippen molar-refractivity contribution in [3.05, 3.63) is 36.0 Å². The summed E-state index contributed by atoms with van der Waals surface area (Å²) in [6.07, 6.45) is 10.3. The minimum Gasteiger partial charge on any atom is -0.449 e. The van der Waals surface area contributed by atoms with Crippen molar-refractivity contribution in [2.45, 2.75) is 25.7 Å². The molecule has 1 heterocycles. The molecule has 2 unspecified atom stereocenters. The van der Waals surface area contributed by atoms with Crippen LogP contribution in [0.25, 0.3) is 0 Å². The van der Waals surface area contributed by atoms with E-state index in [1.807, 2.05) is 0 Å². The van der Waals surface area contributed by atoms with Crippen LogP contribution in [0.4, 0.5) is 10.6 Å². The van der Waals surface area contributed by atoms with Crippen molar-refractivity contribution in [3.63, 3.8) is 0 Å². The van der Waals surface area contributed by atoms with E-state index >= 15 is 0 Å². The normalized spacial score (nSPS) is 21.4. The molecular formula is C25H39N5O6. The Morgan fingerprint density at radius 3 is 2.08 bits per heavy atom. The summed E-state index contributed by atoms with van der Waals surface area (Å²) in [7, 11) is 0. The number of rotatable bonds is 16. The molecule has 0 aromatic carbocycles. The van der Waals surface area contributed by atoms with E-state index in [0.29, 0.717) is 76.6 Å². The van der Waals surface area contributed by atoms with E-state index in [2.05, 4.69) is 33.2 Å². The molecule has 5 N–H and O–H groups in total. The first-order valence-electron chi connectivity index (χ1n) is 12.7. The Kier molecular flexibility index (Phi) is 12.5. The van der Waals surface area contributed by atoms with E-state index in [1.54, 1.807) is 12.1 Å². The average Bonchev–Trinajstić information content (AvgIpc) is 3.54. The van der Waals surface area contributed by atoms with Crippen LogP contribution < -0.4 is 21.9 Å². The van der Waals surface area contributed by atoms with Crippen LogP contribution >= 0.6 is 0 Å². The zero-order valence-corrected chi connectivity index (χ0v) is 20.8. The largest absolute Gasteiger partial charge is 0.449 e. The lowest BCUT2D eigenvalue weighted by atomic mass is 10.1. The van der Waals surface area contributed by atoms with Crippen molar-refractivity contribution in [2.24, 2.45) is 23.6 Å². The number of hydrogen-bond donors (Lipinski definition) is 4. The van der Waals surface area contributed by atoms with Gasteiger partial charge in [0.05, 0.1) is 51.8 Å². The van der Waals surface area contributed by atoms with Crippen LogP contribution in [0.3, 0.4) is 0 Å². The van der Waals surface area contributed by atoms with Crippen molar-refractivity contribution >= 4 is 17.8 Å². The predicted molar refractivity (Wildman–Crippen MR) is 134 cm³/mol. The zero-order chi connectivity index (χ0) is 25.4. The molecule has 11 nitrogen and oxygen atoms in total. The molecule has 0 saturated heterocycles. The molecule has 1 aromatic heterocycles. The van der Waals surface area contributed by atoms with Gasteiger partial charge in [-0.15, -0.1) is 0 Å². The number of anilines is 1. The first kappa shape index (κ1) is 27.9. The van der Waals surface area contributed by atoms with Gasteiger partial charge in [-0.1, -0.05) is 12.2 Å². The lowest BCUT2D eigenvalue weighted by Gasteiger charge is -2.09. The fraction of sp³-hybridized carbons (Fsp3) is 0.640. The third kappa shape index (κ3) is 10.1. The van der Waals surface area contributed by atoms with Gasteiger partial charge in [0.2, 0.25) is 0 Å². The number of hydrogen-bond acceptors (Lipinski definition) is 9. The van der Waals surface area contributed by atoms with Gasteiger partial charge in [0.1, 0.15) is 5.82 Å². The summed E-state index contributed by atoms with van der Waals surface area (Å²) in [6.45, 7) is 3.79. The maximum Gasteiger partial charge on any atom is 0.407 e. The molecule has 36 heavy (non-hydrogen) atoms. The molecule has 0 bridgehead atoms. The number of hydrazine groups is 1. The van der Waals surface area contributed by atoms with Crippen LogP contribution in [0.1, 0.15) is 36.0 Å². The minimum atomic E-state index is -0.376. The van der Waals surface area contributed by atoms with Crippen LogP contribution in [-0.4, -0.2) is 76.3 Å². The Balaban J connectivity index is 1.05. The number of pyridine rings is 1. The van der Waals surface area contributed by atoms with Gasteiger partial charge >= 0.3 is 6.09 Å². The van der Waals surface area contributed by atoms with Crippen molar-refractivity contribution < 1.29 is 28.5 Å². The van der Waals surface area contributed by atoms with E-state index in [9.17, 15) is 9.59 Å². The van der Waals surface area contributed by atoms with Crippen molar-refractivity contribution in [1.29, 1.82) is 0 Å². The maximum atomic E-state index is 12.0. The molecule has 2 amide bonds. The Hall–Kier alpha value is -2.73. The quantitative estimate of drug-likeness (QED) is 0.114. The number of nitrogen functional groups attached to an aromatic ring is 1. The van der Waals surface area contributed by atoms with Crippen LogP contribution in [0, 0.1) is 17.8 Å². The number of alkyl carbamates (subject to hydrolysis) is 1. The standard InChI is InChI=1S/C25H39N5O6/c26-30-23-8-7-19(17-29-23)24(31)27-9-11-33-13-15-35-16-14-34-12-10-28-25(32)36-18-22-20-5-3-1-2-4-6-21(20)22/h1-2,7-8,17,20-22H,3-6,9-16,18,26H2,(H,27,31)(H,28,32)(H,29,30)/b2-1-. The molecule has 2 atom stereocenters. The molecule has 200 valence electrons. The van der Waals surface area contributed by atoms with Gasteiger partial charge in [-0.3, -0.25) is 4.79 Å². The van der Waals surface area contributed by atoms with Crippen molar-refractivity contribution in [3.8, 4) is 0 Å². The average molecular weight is 506 g/mol. The third-order valence-corrected chi connectivity index (χ3v) is 6.38. The lowest BCUT2D eigenvalue weighted by molar-refractivity contribution is 0.0156. The molecule has 1 saturated carbocycles. The van der Waals surface area contributed by atoms with Crippen LogP contribution in [0.5, 0.6) is 0 Å². The summed E-state index contributed by atoms with van der Waals surface area (Å²) < 4.78 is 21.7. The highest BCUT2D eigenvalue weighted by Crippen LogP contribution is 2.52. The fourth-order valence-electron chi connectivity index (χ4n) is 4.38. The molecular weight excluding hydrogens is 466 g/mol. The number of aromatic nitrogens is 1. The van der Waals surface area contributed by atoms with E-state index in [4.69, 9.17) is 24.8 Å². The number of nitrogens with zero attached hydrogens (tertiary/aromatic N) is 1. The number of amides is 2. The molecule has 1 aromatic rings. The summed E-state index contributed by atoms with van der Waals surface area (Å²) in [6, 6.07) is 3.26. The summed E-state index contributed by atoms with van der Waals surface area (Å²) >= 11 is 0. The second-order valence-corrected chi connectivity index (χ2v) is 8.81. The number of allylic oxidation sites excluding steroid dienone is 2. The van der Waals surface area contributed by atoms with Gasteiger partial charge in [0, 0.05) is 19.3 Å². The highest BCUT2D eigenvalue weighted by Gasteiger charge is 2.49. The van der Waals surface area contributed by atoms with Gasteiger partial charge in [0.15, 0.2) is 0 Å². The lowest BCUT2D eigenvalue weighted by Crippen LogP contribution is -2.29. The smallest absolute Gasteiger partial charge is 0.407 e. The molecule has 2 aliphatic carbocycles. The van der Waals surface area contributed by atoms with Crippen LogP contribution in [-0.2, 0) is 18.9 Å². The topological polar surface area (TPSA) is 146 Å². The summed E-state index contributed by atoms with van der Waals surface area (Å²) in [5.41, 5.74) is 2.85. The number of carbonyl (C=O) groups is 2. The molecule has 11 heteroatoms. The molecule has 2 aliphatic rings. The van der Waals surface area contributed by atoms with Gasteiger partial charge in [-0.25, -0.2) is 15.6 Å². The number of ether oxygens (including phenoxy) is 4. The summed E-state index contributed by atoms with van der Waals surface area (Å²) in [5.74, 6) is 7.48. The zero-order valence-electron chi connectivity index (χ0n) is 20.8. The Morgan fingerprint density at radius 1 is 0.889 bits per heavy atom. The highest BCUT2D eigenvalue weighted by molar-refractivity contribution is 5.94. The third-order valence-electron chi connectivity index (χ3n) is 6.38. The SMILES string of the molecule is NNc1ccc(C(=O)NCCOCCOCCOCCNC(=O)OCC2C3CC/C=C\CCC32)cn1. The second kappa shape index (κ2) is 16.1. The Labute approximate surface area is 212 Å². The molecule has 0 radical (unpaired) electrons. The number of fused-ring (bicyclic) bond motifs is 1. The summed E-state index contributed by atoms with van der Waals surface area (Å²) in [5, 5.41) is 5.48. The van der Waals surface area contributed by atoms with Crippen LogP contribution in [0.15, 0.2) is 30.5 Å². The number of nitrogens with one attached hydrogen (secondary N) is 3. The fourth-order valence-corrected chi connectivity index (χ4v) is 4.38. The van der Waals surface area contributed by atoms with E-state index in [1.165, 1.54) is 19.0 Å².